The predicted octanol–water partition coefficient (Wildman–Crippen LogP) is 2.16. The van der Waals surface area contributed by atoms with Gasteiger partial charge in [-0.05, 0) is 45.4 Å². The molecule has 0 unspecified atom stereocenters. The lowest BCUT2D eigenvalue weighted by Gasteiger charge is -2.21. The molecule has 2 aliphatic rings. The Labute approximate surface area is 148 Å². The number of aryl methyl sites for hydroxylation is 3. The predicted molar refractivity (Wildman–Crippen MR) is 96.8 cm³/mol. The molecule has 1 aliphatic heterocycles. The lowest BCUT2D eigenvalue weighted by Crippen LogP contribution is -2.25. The molecule has 1 N–H and O–H groups in total. The summed E-state index contributed by atoms with van der Waals surface area (Å²) < 4.78 is 2.49. The van der Waals surface area contributed by atoms with Crippen molar-refractivity contribution in [2.24, 2.45) is 0 Å². The molecule has 6 nitrogen and oxygen atoms in total. The minimum absolute atomic E-state index is 0.0443. The first-order valence-corrected chi connectivity index (χ1v) is 9.52. The second-order valence-corrected chi connectivity index (χ2v) is 7.34. The van der Waals surface area contributed by atoms with Gasteiger partial charge in [-0.2, -0.15) is 0 Å². The van der Waals surface area contributed by atoms with Gasteiger partial charge >= 0.3 is 0 Å². The maximum atomic E-state index is 11.8. The van der Waals surface area contributed by atoms with Gasteiger partial charge in [-0.1, -0.05) is 6.92 Å². The van der Waals surface area contributed by atoms with Crippen LogP contribution in [0.1, 0.15) is 61.0 Å². The number of hydrogen-bond acceptors (Lipinski definition) is 4. The fraction of sp³-hybridized carbons (Fsp3) is 0.632. The van der Waals surface area contributed by atoms with E-state index in [1.165, 1.54) is 36.5 Å². The van der Waals surface area contributed by atoms with Crippen molar-refractivity contribution in [1.82, 2.24) is 24.4 Å². The Morgan fingerprint density at radius 3 is 2.96 bits per heavy atom. The highest BCUT2D eigenvalue weighted by Gasteiger charge is 2.29. The van der Waals surface area contributed by atoms with Gasteiger partial charge in [0.25, 0.3) is 5.56 Å². The zero-order valence-electron chi connectivity index (χ0n) is 15.2. The van der Waals surface area contributed by atoms with Crippen LogP contribution in [-0.4, -0.2) is 37.5 Å². The number of aromatic nitrogens is 4. The lowest BCUT2D eigenvalue weighted by atomic mass is 10.0. The van der Waals surface area contributed by atoms with Gasteiger partial charge < -0.3 is 9.55 Å². The molecular weight excluding hydrogens is 314 g/mol. The summed E-state index contributed by atoms with van der Waals surface area (Å²) in [6.07, 6.45) is 6.78. The first kappa shape index (κ1) is 16.5. The normalized spacial score (nSPS) is 20.8. The van der Waals surface area contributed by atoms with E-state index < -0.39 is 0 Å². The Hall–Kier alpha value is -1.95. The highest BCUT2D eigenvalue weighted by atomic mass is 16.1. The van der Waals surface area contributed by atoms with Gasteiger partial charge in [0.1, 0.15) is 11.6 Å². The molecule has 0 aromatic carbocycles. The summed E-state index contributed by atoms with van der Waals surface area (Å²) in [5.74, 6) is 1.95. The number of fused-ring (bicyclic) bond motifs is 1. The topological polar surface area (TPSA) is 66.8 Å². The smallest absolute Gasteiger partial charge is 0.251 e. The molecule has 0 saturated carbocycles. The maximum Gasteiger partial charge on any atom is 0.251 e. The molecule has 0 spiro atoms. The monoisotopic (exact) mass is 341 g/mol. The van der Waals surface area contributed by atoms with E-state index in [0.29, 0.717) is 6.04 Å². The van der Waals surface area contributed by atoms with Crippen molar-refractivity contribution in [3.05, 3.63) is 45.2 Å². The number of nitrogens with one attached hydrogen (secondary N) is 1. The molecule has 6 heteroatoms. The molecule has 3 heterocycles. The number of likely N-dealkylation sites (tertiary alicyclic amines) is 1. The average Bonchev–Trinajstić information content (AvgIpc) is 3.17. The van der Waals surface area contributed by atoms with Crippen molar-refractivity contribution in [2.45, 2.75) is 65.0 Å². The lowest BCUT2D eigenvalue weighted by molar-refractivity contribution is 0.305. The fourth-order valence-electron chi connectivity index (χ4n) is 4.38. The molecule has 0 radical (unpaired) electrons. The molecule has 25 heavy (non-hydrogen) atoms. The van der Waals surface area contributed by atoms with Crippen LogP contribution in [0.15, 0.2) is 10.9 Å². The van der Waals surface area contributed by atoms with E-state index in [2.05, 4.69) is 26.4 Å². The van der Waals surface area contributed by atoms with Crippen LogP contribution in [0.25, 0.3) is 0 Å². The third-order valence-electron chi connectivity index (χ3n) is 5.54. The van der Waals surface area contributed by atoms with Crippen LogP contribution < -0.4 is 5.56 Å². The summed E-state index contributed by atoms with van der Waals surface area (Å²) in [7, 11) is 0. The number of hydrogen-bond donors (Lipinski definition) is 1. The Kier molecular flexibility index (Phi) is 4.46. The van der Waals surface area contributed by atoms with Gasteiger partial charge in [-0.25, -0.2) is 9.97 Å². The summed E-state index contributed by atoms with van der Waals surface area (Å²) in [6.45, 7) is 6.93. The summed E-state index contributed by atoms with van der Waals surface area (Å²) >= 11 is 0. The van der Waals surface area contributed by atoms with E-state index in [1.54, 1.807) is 6.07 Å². The molecule has 0 bridgehead atoms. The number of imidazole rings is 1. The van der Waals surface area contributed by atoms with Gasteiger partial charge in [-0.3, -0.25) is 9.69 Å². The Morgan fingerprint density at radius 2 is 2.12 bits per heavy atom. The van der Waals surface area contributed by atoms with Gasteiger partial charge in [0.2, 0.25) is 0 Å². The van der Waals surface area contributed by atoms with Crippen LogP contribution in [0.3, 0.4) is 0 Å². The van der Waals surface area contributed by atoms with Crippen LogP contribution >= 0.6 is 0 Å². The van der Waals surface area contributed by atoms with E-state index in [1.807, 2.05) is 6.92 Å². The molecule has 1 saturated heterocycles. The Balaban J connectivity index is 1.50. The number of nitrogens with zero attached hydrogens (tertiary/aromatic N) is 4. The van der Waals surface area contributed by atoms with Crippen LogP contribution in [0.2, 0.25) is 0 Å². The molecule has 1 fully saturated rings. The Morgan fingerprint density at radius 1 is 1.28 bits per heavy atom. The average molecular weight is 341 g/mol. The molecule has 2 aromatic rings. The zero-order valence-corrected chi connectivity index (χ0v) is 15.2. The Bertz CT molecular complexity index is 822. The molecule has 1 aliphatic carbocycles. The van der Waals surface area contributed by atoms with Gasteiger partial charge in [-0.15, -0.1) is 0 Å². The largest absolute Gasteiger partial charge is 0.328 e. The molecule has 1 atom stereocenters. The molecular formula is C19H27N5O. The highest BCUT2D eigenvalue weighted by Crippen LogP contribution is 2.30. The standard InChI is InChI=1S/C19H27N5O/c1-3-14-10-19(25)22-18(21-14)12-23-9-8-15(11-23)24-13(2)20-16-6-4-5-7-17(16)24/h10,15H,3-9,11-12H2,1-2H3,(H,21,22,25)/t15-/m1/s1. The third kappa shape index (κ3) is 3.27. The molecule has 134 valence electrons. The summed E-state index contributed by atoms with van der Waals surface area (Å²) in [5.41, 5.74) is 3.62. The van der Waals surface area contributed by atoms with Crippen molar-refractivity contribution >= 4 is 0 Å². The van der Waals surface area contributed by atoms with Gasteiger partial charge in [0.05, 0.1) is 12.2 Å². The first-order valence-electron chi connectivity index (χ1n) is 9.52. The first-order chi connectivity index (χ1) is 12.1. The molecule has 0 amide bonds. The summed E-state index contributed by atoms with van der Waals surface area (Å²) in [5, 5.41) is 0. The van der Waals surface area contributed by atoms with E-state index in [-0.39, 0.29) is 5.56 Å². The van der Waals surface area contributed by atoms with Crippen molar-refractivity contribution in [1.29, 1.82) is 0 Å². The zero-order chi connectivity index (χ0) is 17.4. The SMILES string of the molecule is CCc1cc(=O)[nH]c(CN2CC[C@@H](n3c(C)nc4c3CCCC4)C2)n1. The van der Waals surface area contributed by atoms with Crippen molar-refractivity contribution in [3.8, 4) is 0 Å². The van der Waals surface area contributed by atoms with E-state index >= 15 is 0 Å². The van der Waals surface area contributed by atoms with Crippen molar-refractivity contribution in [2.75, 3.05) is 13.1 Å². The van der Waals surface area contributed by atoms with Gasteiger partial charge in [0.15, 0.2) is 0 Å². The third-order valence-corrected chi connectivity index (χ3v) is 5.54. The molecule has 4 rings (SSSR count). The summed E-state index contributed by atoms with van der Waals surface area (Å²) in [6, 6.07) is 2.09. The van der Waals surface area contributed by atoms with E-state index in [4.69, 9.17) is 4.98 Å². The van der Waals surface area contributed by atoms with E-state index in [9.17, 15) is 4.79 Å². The van der Waals surface area contributed by atoms with Gasteiger partial charge in [0, 0.05) is 36.6 Å². The number of H-pyrrole nitrogens is 1. The molecule has 2 aromatic heterocycles. The van der Waals surface area contributed by atoms with Crippen LogP contribution in [0, 0.1) is 6.92 Å². The van der Waals surface area contributed by atoms with Crippen LogP contribution in [0.5, 0.6) is 0 Å². The summed E-state index contributed by atoms with van der Waals surface area (Å²) in [4.78, 5) is 26.5. The second-order valence-electron chi connectivity index (χ2n) is 7.34. The minimum Gasteiger partial charge on any atom is -0.328 e. The minimum atomic E-state index is -0.0443. The van der Waals surface area contributed by atoms with Crippen LogP contribution in [-0.2, 0) is 25.8 Å². The number of aromatic amines is 1. The van der Waals surface area contributed by atoms with Crippen molar-refractivity contribution < 1.29 is 0 Å². The van der Waals surface area contributed by atoms with Crippen molar-refractivity contribution in [3.63, 3.8) is 0 Å². The second kappa shape index (κ2) is 6.75. The quantitative estimate of drug-likeness (QED) is 0.925. The number of rotatable bonds is 4. The highest BCUT2D eigenvalue weighted by molar-refractivity contribution is 5.21. The fourth-order valence-corrected chi connectivity index (χ4v) is 4.38. The van der Waals surface area contributed by atoms with Crippen LogP contribution in [0.4, 0.5) is 0 Å². The maximum absolute atomic E-state index is 11.8. The van der Waals surface area contributed by atoms with E-state index in [0.717, 1.165) is 50.4 Å².